The first kappa shape index (κ1) is 8.69. The molecule has 0 heterocycles. The van der Waals surface area contributed by atoms with Crippen LogP contribution in [0.5, 0.6) is 0 Å². The summed E-state index contributed by atoms with van der Waals surface area (Å²) in [5.41, 5.74) is 0. The van der Waals surface area contributed by atoms with Gasteiger partial charge >= 0.3 is 0 Å². The van der Waals surface area contributed by atoms with Crippen molar-refractivity contribution < 1.29 is 5.11 Å². The Kier molecular flexibility index (Phi) is 4.95. The molecule has 0 bridgehead atoms. The van der Waals surface area contributed by atoms with Gasteiger partial charge in [0.25, 0.3) is 0 Å². The monoisotopic (exact) mass is 228 g/mol. The fourth-order valence-electron chi connectivity index (χ4n) is 0.424. The second kappa shape index (κ2) is 4.56. The van der Waals surface area contributed by atoms with E-state index in [1.165, 1.54) is 0 Å². The lowest BCUT2D eigenvalue weighted by Crippen LogP contribution is -2.17. The Labute approximate surface area is 64.6 Å². The molecule has 0 aliphatic heterocycles. The largest absolute Gasteiger partial charge is 0.392 e. The van der Waals surface area contributed by atoms with Crippen molar-refractivity contribution >= 4 is 22.6 Å². The van der Waals surface area contributed by atoms with Crippen molar-refractivity contribution in [2.75, 3.05) is 4.43 Å². The van der Waals surface area contributed by atoms with Crippen LogP contribution in [0.3, 0.4) is 0 Å². The van der Waals surface area contributed by atoms with Gasteiger partial charge in [0.15, 0.2) is 0 Å². The van der Waals surface area contributed by atoms with Gasteiger partial charge in [-0.15, -0.1) is 0 Å². The third-order valence-electron chi connectivity index (χ3n) is 1.46. The molecule has 2 atom stereocenters. The van der Waals surface area contributed by atoms with Crippen LogP contribution in [0.15, 0.2) is 0 Å². The number of hydrogen-bond donors (Lipinski definition) is 1. The lowest BCUT2D eigenvalue weighted by atomic mass is 10.0. The van der Waals surface area contributed by atoms with Crippen LogP contribution in [0, 0.1) is 5.92 Å². The van der Waals surface area contributed by atoms with Crippen LogP contribution in [0.25, 0.3) is 0 Å². The smallest absolute Gasteiger partial charge is 0.0654 e. The predicted octanol–water partition coefficient (Wildman–Crippen LogP) is 1.83. The maximum Gasteiger partial charge on any atom is 0.0654 e. The fourth-order valence-corrected chi connectivity index (χ4v) is 1.29. The Morgan fingerprint density at radius 1 is 1.62 bits per heavy atom. The zero-order valence-corrected chi connectivity index (χ0v) is 7.55. The summed E-state index contributed by atoms with van der Waals surface area (Å²) in [6.45, 7) is 4.17. The molecule has 1 nitrogen and oxygen atoms in total. The van der Waals surface area contributed by atoms with Crippen LogP contribution in [0.4, 0.5) is 0 Å². The third kappa shape index (κ3) is 2.87. The third-order valence-corrected chi connectivity index (χ3v) is 2.36. The lowest BCUT2D eigenvalue weighted by Gasteiger charge is -2.12. The Hall–Kier alpha value is 0.690. The zero-order valence-electron chi connectivity index (χ0n) is 5.39. The predicted molar refractivity (Wildman–Crippen MR) is 44.3 cm³/mol. The first-order chi connectivity index (χ1) is 3.72. The number of hydrogen-bond acceptors (Lipinski definition) is 1. The van der Waals surface area contributed by atoms with Crippen LogP contribution >= 0.6 is 22.6 Å². The Bertz CT molecular complexity index is 48.5. The number of aliphatic hydroxyl groups is 1. The van der Waals surface area contributed by atoms with Gasteiger partial charge in [0.1, 0.15) is 0 Å². The maximum absolute atomic E-state index is 9.12. The highest BCUT2D eigenvalue weighted by Gasteiger charge is 2.08. The molecular formula is C6H13IO. The molecule has 0 aliphatic carbocycles. The van der Waals surface area contributed by atoms with Gasteiger partial charge in [0.05, 0.1) is 6.10 Å². The molecule has 1 N–H and O–H groups in total. The van der Waals surface area contributed by atoms with Gasteiger partial charge in [-0.3, -0.25) is 0 Å². The minimum Gasteiger partial charge on any atom is -0.392 e. The molecule has 2 heteroatoms. The summed E-state index contributed by atoms with van der Waals surface area (Å²) in [5.74, 6) is 0.465. The second-order valence-electron chi connectivity index (χ2n) is 2.11. The lowest BCUT2D eigenvalue weighted by molar-refractivity contribution is 0.140. The van der Waals surface area contributed by atoms with Crippen molar-refractivity contribution in [3.8, 4) is 0 Å². The maximum atomic E-state index is 9.12. The zero-order chi connectivity index (χ0) is 6.57. The van der Waals surface area contributed by atoms with Crippen LogP contribution in [0.1, 0.15) is 20.3 Å². The average Bonchev–Trinajstić information content (AvgIpc) is 1.84. The van der Waals surface area contributed by atoms with Gasteiger partial charge in [0, 0.05) is 4.43 Å². The molecule has 0 saturated carbocycles. The van der Waals surface area contributed by atoms with Crippen molar-refractivity contribution in [1.82, 2.24) is 0 Å². The van der Waals surface area contributed by atoms with Gasteiger partial charge in [-0.1, -0.05) is 42.9 Å². The first-order valence-electron chi connectivity index (χ1n) is 2.96. The van der Waals surface area contributed by atoms with Gasteiger partial charge in [-0.25, -0.2) is 0 Å². The summed E-state index contributed by atoms with van der Waals surface area (Å²) in [5, 5.41) is 9.12. The van der Waals surface area contributed by atoms with E-state index in [1.54, 1.807) is 0 Å². The van der Waals surface area contributed by atoms with E-state index in [1.807, 2.05) is 0 Å². The molecule has 0 spiro atoms. The summed E-state index contributed by atoms with van der Waals surface area (Å²) in [4.78, 5) is 0. The van der Waals surface area contributed by atoms with Crippen LogP contribution in [-0.2, 0) is 0 Å². The van der Waals surface area contributed by atoms with E-state index < -0.39 is 0 Å². The normalized spacial score (nSPS) is 18.0. The fraction of sp³-hybridized carbons (Fsp3) is 1.00. The molecule has 2 unspecified atom stereocenters. The molecule has 0 saturated heterocycles. The number of rotatable bonds is 3. The highest BCUT2D eigenvalue weighted by atomic mass is 127. The van der Waals surface area contributed by atoms with E-state index >= 15 is 0 Å². The average molecular weight is 228 g/mol. The summed E-state index contributed by atoms with van der Waals surface area (Å²) < 4.78 is 0.854. The van der Waals surface area contributed by atoms with Gasteiger partial charge in [-0.05, 0) is 5.92 Å². The van der Waals surface area contributed by atoms with E-state index in [-0.39, 0.29) is 6.10 Å². The minimum absolute atomic E-state index is 0.0967. The first-order valence-corrected chi connectivity index (χ1v) is 4.49. The molecule has 0 fully saturated rings. The summed E-state index contributed by atoms with van der Waals surface area (Å²) in [6.07, 6.45) is 0.977. The summed E-state index contributed by atoms with van der Waals surface area (Å²) in [7, 11) is 0. The number of aliphatic hydroxyl groups excluding tert-OH is 1. The molecule has 8 heavy (non-hydrogen) atoms. The topological polar surface area (TPSA) is 20.2 Å². The molecule has 50 valence electrons. The Morgan fingerprint density at radius 2 is 2.12 bits per heavy atom. The highest BCUT2D eigenvalue weighted by molar-refractivity contribution is 14.1. The van der Waals surface area contributed by atoms with Crippen molar-refractivity contribution in [2.45, 2.75) is 26.4 Å². The number of alkyl halides is 1. The van der Waals surface area contributed by atoms with E-state index in [2.05, 4.69) is 36.4 Å². The molecule has 0 amide bonds. The Balaban J connectivity index is 3.29. The van der Waals surface area contributed by atoms with E-state index in [4.69, 9.17) is 5.11 Å². The SMILES string of the molecule is CCC(C)C(O)CI. The molecule has 0 aromatic heterocycles. The van der Waals surface area contributed by atoms with Crippen molar-refractivity contribution in [2.24, 2.45) is 5.92 Å². The quantitative estimate of drug-likeness (QED) is 0.577. The van der Waals surface area contributed by atoms with Crippen molar-refractivity contribution in [3.63, 3.8) is 0 Å². The van der Waals surface area contributed by atoms with Crippen molar-refractivity contribution in [3.05, 3.63) is 0 Å². The molecule has 0 radical (unpaired) electrons. The van der Waals surface area contributed by atoms with Gasteiger partial charge in [-0.2, -0.15) is 0 Å². The molecule has 0 aromatic carbocycles. The summed E-state index contributed by atoms with van der Waals surface area (Å²) in [6, 6.07) is 0. The molecule has 0 aromatic rings. The second-order valence-corrected chi connectivity index (χ2v) is 2.99. The van der Waals surface area contributed by atoms with E-state index in [0.29, 0.717) is 5.92 Å². The Morgan fingerprint density at radius 3 is 2.25 bits per heavy atom. The molecular weight excluding hydrogens is 215 g/mol. The van der Waals surface area contributed by atoms with Gasteiger partial charge in [0.2, 0.25) is 0 Å². The molecule has 0 rings (SSSR count). The van der Waals surface area contributed by atoms with Crippen LogP contribution < -0.4 is 0 Å². The highest BCUT2D eigenvalue weighted by Crippen LogP contribution is 2.08. The number of halogens is 1. The molecule has 0 aliphatic rings. The van der Waals surface area contributed by atoms with E-state index in [9.17, 15) is 0 Å². The van der Waals surface area contributed by atoms with Gasteiger partial charge < -0.3 is 5.11 Å². The van der Waals surface area contributed by atoms with E-state index in [0.717, 1.165) is 10.8 Å². The standard InChI is InChI=1S/C6H13IO/c1-3-5(2)6(8)4-7/h5-6,8H,3-4H2,1-2H3. The van der Waals surface area contributed by atoms with Crippen molar-refractivity contribution in [1.29, 1.82) is 0 Å². The van der Waals surface area contributed by atoms with Crippen LogP contribution in [0.2, 0.25) is 0 Å². The summed E-state index contributed by atoms with van der Waals surface area (Å²) >= 11 is 2.20. The van der Waals surface area contributed by atoms with Crippen LogP contribution in [-0.4, -0.2) is 15.6 Å². The minimum atomic E-state index is -0.0967.